The highest BCUT2D eigenvalue weighted by Gasteiger charge is 2.14. The van der Waals surface area contributed by atoms with Crippen LogP contribution < -0.4 is 15.5 Å². The van der Waals surface area contributed by atoms with Gasteiger partial charge in [0.05, 0.1) is 28.8 Å². The number of imidazole rings is 1. The van der Waals surface area contributed by atoms with Crippen molar-refractivity contribution in [1.82, 2.24) is 29.7 Å². The van der Waals surface area contributed by atoms with E-state index in [2.05, 4.69) is 35.5 Å². The molecule has 0 unspecified atom stereocenters. The van der Waals surface area contributed by atoms with Gasteiger partial charge >= 0.3 is 0 Å². The van der Waals surface area contributed by atoms with Gasteiger partial charge in [0.1, 0.15) is 11.8 Å². The molecule has 2 N–H and O–H groups in total. The molecule has 5 heterocycles. The lowest BCUT2D eigenvalue weighted by molar-refractivity contribution is 0.589. The number of nitrogens with zero attached hydrogens (tertiary/aromatic N) is 6. The van der Waals surface area contributed by atoms with Crippen LogP contribution in [0.3, 0.4) is 0 Å². The molecule has 1 aliphatic rings. The van der Waals surface area contributed by atoms with Gasteiger partial charge in [0.2, 0.25) is 0 Å². The highest BCUT2D eigenvalue weighted by Crippen LogP contribution is 2.25. The molecule has 0 atom stereocenters. The predicted octanol–water partition coefficient (Wildman–Crippen LogP) is 2.27. The van der Waals surface area contributed by atoms with Crippen LogP contribution in [0.2, 0.25) is 0 Å². The molecule has 5 rings (SSSR count). The van der Waals surface area contributed by atoms with Crippen molar-refractivity contribution in [3.8, 4) is 0 Å². The largest absolute Gasteiger partial charge is 0.368 e. The third-order valence-electron chi connectivity index (χ3n) is 4.83. The Morgan fingerprint density at radius 2 is 1.96 bits per heavy atom. The van der Waals surface area contributed by atoms with Crippen LogP contribution in [0.4, 0.5) is 21.6 Å². The van der Waals surface area contributed by atoms with Gasteiger partial charge in [0.15, 0.2) is 17.3 Å². The van der Waals surface area contributed by atoms with E-state index in [0.717, 1.165) is 43.1 Å². The molecule has 1 aliphatic heterocycles. The summed E-state index contributed by atoms with van der Waals surface area (Å²) in [5.74, 6) is 0.137. The van der Waals surface area contributed by atoms with E-state index in [1.165, 1.54) is 12.4 Å². The van der Waals surface area contributed by atoms with Crippen molar-refractivity contribution >= 4 is 33.9 Å². The van der Waals surface area contributed by atoms with Gasteiger partial charge in [0, 0.05) is 44.6 Å². The van der Waals surface area contributed by atoms with Gasteiger partial charge in [-0.05, 0) is 13.0 Å². The maximum atomic E-state index is 14.4. The lowest BCUT2D eigenvalue weighted by Crippen LogP contribution is -2.43. The molecule has 0 bridgehead atoms. The average molecular weight is 378 g/mol. The van der Waals surface area contributed by atoms with Crippen molar-refractivity contribution in [3.63, 3.8) is 0 Å². The minimum atomic E-state index is -0.398. The molecule has 1 saturated heterocycles. The molecular formula is C19H19FN8. The van der Waals surface area contributed by atoms with Crippen LogP contribution in [0.5, 0.6) is 0 Å². The summed E-state index contributed by atoms with van der Waals surface area (Å²) in [7, 11) is 0. The third kappa shape index (κ3) is 2.99. The van der Waals surface area contributed by atoms with Crippen molar-refractivity contribution < 1.29 is 4.39 Å². The SMILES string of the molecule is Cc1cn2cc(Nc3ncnc4cc(N5CCNCC5)cnc34)cc(F)c2n1. The van der Waals surface area contributed by atoms with Crippen LogP contribution in [-0.4, -0.2) is 50.5 Å². The molecule has 0 amide bonds. The van der Waals surface area contributed by atoms with Gasteiger partial charge < -0.3 is 19.9 Å². The number of pyridine rings is 2. The molecule has 0 aliphatic carbocycles. The minimum Gasteiger partial charge on any atom is -0.368 e. The molecule has 4 aromatic heterocycles. The highest BCUT2D eigenvalue weighted by molar-refractivity contribution is 5.88. The van der Waals surface area contributed by atoms with E-state index in [1.807, 2.05) is 19.2 Å². The second-order valence-corrected chi connectivity index (χ2v) is 6.84. The number of halogens is 1. The second-order valence-electron chi connectivity index (χ2n) is 6.84. The Morgan fingerprint density at radius 3 is 2.82 bits per heavy atom. The number of hydrogen-bond acceptors (Lipinski definition) is 7. The fourth-order valence-electron chi connectivity index (χ4n) is 3.51. The normalized spacial score (nSPS) is 14.7. The maximum Gasteiger partial charge on any atom is 0.173 e. The van der Waals surface area contributed by atoms with E-state index < -0.39 is 5.82 Å². The van der Waals surface area contributed by atoms with Crippen LogP contribution >= 0.6 is 0 Å². The number of hydrogen-bond donors (Lipinski definition) is 2. The first-order chi connectivity index (χ1) is 13.7. The lowest BCUT2D eigenvalue weighted by Gasteiger charge is -2.29. The first-order valence-corrected chi connectivity index (χ1v) is 9.16. The molecule has 9 heteroatoms. The number of anilines is 3. The van der Waals surface area contributed by atoms with Gasteiger partial charge in [-0.25, -0.2) is 24.3 Å². The van der Waals surface area contributed by atoms with Gasteiger partial charge in [0.25, 0.3) is 0 Å². The smallest absolute Gasteiger partial charge is 0.173 e. The Morgan fingerprint density at radius 1 is 1.11 bits per heavy atom. The van der Waals surface area contributed by atoms with Gasteiger partial charge in [-0.2, -0.15) is 0 Å². The van der Waals surface area contributed by atoms with Crippen LogP contribution in [0, 0.1) is 12.7 Å². The molecule has 0 saturated carbocycles. The Balaban J connectivity index is 1.50. The molecular weight excluding hydrogens is 359 g/mol. The zero-order valence-electron chi connectivity index (χ0n) is 15.4. The van der Waals surface area contributed by atoms with E-state index in [1.54, 1.807) is 16.8 Å². The van der Waals surface area contributed by atoms with Crippen molar-refractivity contribution in [2.75, 3.05) is 36.4 Å². The topological polar surface area (TPSA) is 83.3 Å². The number of rotatable bonds is 3. The first-order valence-electron chi connectivity index (χ1n) is 9.16. The summed E-state index contributed by atoms with van der Waals surface area (Å²) in [5, 5.41) is 6.50. The summed E-state index contributed by atoms with van der Waals surface area (Å²) in [6.07, 6.45) is 6.89. The Kier molecular flexibility index (Phi) is 4.01. The lowest BCUT2D eigenvalue weighted by atomic mass is 10.2. The first kappa shape index (κ1) is 16.8. The van der Waals surface area contributed by atoms with Crippen LogP contribution in [-0.2, 0) is 0 Å². The van der Waals surface area contributed by atoms with Crippen LogP contribution in [0.1, 0.15) is 5.69 Å². The second kappa shape index (κ2) is 6.68. The zero-order chi connectivity index (χ0) is 19.1. The summed E-state index contributed by atoms with van der Waals surface area (Å²) in [6, 6.07) is 3.42. The molecule has 4 aromatic rings. The molecule has 142 valence electrons. The van der Waals surface area contributed by atoms with E-state index in [0.29, 0.717) is 22.7 Å². The van der Waals surface area contributed by atoms with E-state index in [4.69, 9.17) is 0 Å². The standard InChI is InChI=1S/C19H19FN8/c1-12-9-28-10-13(6-15(20)19(28)25-12)26-18-17-16(23-11-24-18)7-14(8-22-17)27-4-2-21-3-5-27/h6-11,21H,2-5H2,1H3,(H,23,24,26). The van der Waals surface area contributed by atoms with Gasteiger partial charge in [-0.1, -0.05) is 0 Å². The fraction of sp³-hybridized carbons (Fsp3) is 0.263. The molecule has 0 radical (unpaired) electrons. The van der Waals surface area contributed by atoms with Crippen molar-refractivity contribution in [3.05, 3.63) is 48.6 Å². The number of piperazine rings is 1. The number of nitrogens with one attached hydrogen (secondary N) is 2. The highest BCUT2D eigenvalue weighted by atomic mass is 19.1. The van der Waals surface area contributed by atoms with Crippen LogP contribution in [0.25, 0.3) is 16.7 Å². The summed E-state index contributed by atoms with van der Waals surface area (Å²) in [5.41, 5.74) is 4.05. The van der Waals surface area contributed by atoms with E-state index in [9.17, 15) is 4.39 Å². The fourth-order valence-corrected chi connectivity index (χ4v) is 3.51. The molecule has 28 heavy (non-hydrogen) atoms. The molecule has 0 aromatic carbocycles. The maximum absolute atomic E-state index is 14.4. The molecule has 8 nitrogen and oxygen atoms in total. The van der Waals surface area contributed by atoms with Crippen molar-refractivity contribution in [2.24, 2.45) is 0 Å². The van der Waals surface area contributed by atoms with E-state index >= 15 is 0 Å². The monoisotopic (exact) mass is 378 g/mol. The van der Waals surface area contributed by atoms with Gasteiger partial charge in [-0.15, -0.1) is 0 Å². The summed E-state index contributed by atoms with van der Waals surface area (Å²) >= 11 is 0. The van der Waals surface area contributed by atoms with Gasteiger partial charge in [-0.3, -0.25) is 0 Å². The molecule has 0 spiro atoms. The van der Waals surface area contributed by atoms with Crippen molar-refractivity contribution in [2.45, 2.75) is 6.92 Å². The summed E-state index contributed by atoms with van der Waals surface area (Å²) < 4.78 is 16.0. The Bertz CT molecular complexity index is 1170. The molecule has 1 fully saturated rings. The number of fused-ring (bicyclic) bond motifs is 2. The quantitative estimate of drug-likeness (QED) is 0.566. The predicted molar refractivity (Wildman–Crippen MR) is 106 cm³/mol. The van der Waals surface area contributed by atoms with Crippen molar-refractivity contribution in [1.29, 1.82) is 0 Å². The third-order valence-corrected chi connectivity index (χ3v) is 4.83. The van der Waals surface area contributed by atoms with E-state index in [-0.39, 0.29) is 0 Å². The average Bonchev–Trinajstić information content (AvgIpc) is 3.09. The Hall–Kier alpha value is -3.33. The summed E-state index contributed by atoms with van der Waals surface area (Å²) in [4.78, 5) is 19.7. The number of aromatic nitrogens is 5. The Labute approximate surface area is 160 Å². The summed E-state index contributed by atoms with van der Waals surface area (Å²) in [6.45, 7) is 5.62. The minimum absolute atomic E-state index is 0.300. The zero-order valence-corrected chi connectivity index (χ0v) is 15.4. The van der Waals surface area contributed by atoms with Crippen LogP contribution in [0.15, 0.2) is 37.1 Å². The number of aryl methyl sites for hydroxylation is 1.